The van der Waals surface area contributed by atoms with Crippen molar-refractivity contribution < 1.29 is 13.2 Å². The minimum absolute atomic E-state index is 0.105. The van der Waals surface area contributed by atoms with Crippen molar-refractivity contribution in [1.29, 1.82) is 0 Å². The summed E-state index contributed by atoms with van der Waals surface area (Å²) in [4.78, 5) is 12.8. The fourth-order valence-electron chi connectivity index (χ4n) is 2.74. The molecule has 3 rings (SSSR count). The van der Waals surface area contributed by atoms with Crippen molar-refractivity contribution in [3.05, 3.63) is 60.0 Å². The minimum atomic E-state index is -3.54. The van der Waals surface area contributed by atoms with Gasteiger partial charge in [-0.3, -0.25) is 9.20 Å². The van der Waals surface area contributed by atoms with Crippen LogP contribution in [0.15, 0.2) is 53.6 Å². The summed E-state index contributed by atoms with van der Waals surface area (Å²) >= 11 is 1.68. The molecule has 0 radical (unpaired) electrons. The van der Waals surface area contributed by atoms with Gasteiger partial charge in [-0.2, -0.15) is 11.8 Å². The summed E-state index contributed by atoms with van der Waals surface area (Å²) in [6, 6.07) is 11.1. The van der Waals surface area contributed by atoms with Gasteiger partial charge >= 0.3 is 0 Å². The topological polar surface area (TPSA) is 105 Å². The molecular formula is C18H21N5O3S2. The van der Waals surface area contributed by atoms with Gasteiger partial charge in [-0.1, -0.05) is 6.07 Å². The first-order chi connectivity index (χ1) is 13.5. The van der Waals surface area contributed by atoms with E-state index >= 15 is 0 Å². The van der Waals surface area contributed by atoms with Crippen molar-refractivity contribution in [2.45, 2.75) is 17.4 Å². The molecule has 0 saturated heterocycles. The molecule has 0 aliphatic heterocycles. The molecule has 10 heteroatoms. The predicted molar refractivity (Wildman–Crippen MR) is 109 cm³/mol. The van der Waals surface area contributed by atoms with Crippen LogP contribution in [0.5, 0.6) is 0 Å². The van der Waals surface area contributed by atoms with Crippen LogP contribution in [0.25, 0.3) is 5.65 Å². The number of thioether (sulfide) groups is 1. The first kappa shape index (κ1) is 20.3. The van der Waals surface area contributed by atoms with Crippen molar-refractivity contribution in [3.8, 4) is 0 Å². The second-order valence-corrected chi connectivity index (χ2v) is 8.90. The monoisotopic (exact) mass is 419 g/mol. The summed E-state index contributed by atoms with van der Waals surface area (Å²) in [5, 5.41) is 11.4. The number of nitrogens with one attached hydrogen (secondary N) is 2. The number of amides is 1. The third-order valence-electron chi connectivity index (χ3n) is 4.26. The molecule has 8 nitrogen and oxygen atoms in total. The van der Waals surface area contributed by atoms with E-state index in [1.807, 2.05) is 35.1 Å². The van der Waals surface area contributed by atoms with E-state index in [0.717, 1.165) is 5.75 Å². The largest absolute Gasteiger partial charge is 0.342 e. The van der Waals surface area contributed by atoms with Crippen molar-refractivity contribution in [2.24, 2.45) is 0 Å². The third kappa shape index (κ3) is 4.34. The average Bonchev–Trinajstić information content (AvgIpc) is 3.15. The molecule has 1 unspecified atom stereocenters. The predicted octanol–water partition coefficient (Wildman–Crippen LogP) is 1.86. The first-order valence-electron chi connectivity index (χ1n) is 8.59. The van der Waals surface area contributed by atoms with E-state index in [4.69, 9.17) is 0 Å². The Morgan fingerprint density at radius 2 is 1.93 bits per heavy atom. The number of aromatic nitrogens is 3. The molecular weight excluding hydrogens is 398 g/mol. The molecule has 0 fully saturated rings. The van der Waals surface area contributed by atoms with Gasteiger partial charge < -0.3 is 5.32 Å². The van der Waals surface area contributed by atoms with Gasteiger partial charge in [-0.05, 0) is 61.9 Å². The molecule has 2 aromatic heterocycles. The SMILES string of the molecule is CNS(=O)(=O)c1ccc(C(=O)NC(CCSC)c2nnc3ccccn23)cc1. The van der Waals surface area contributed by atoms with Crippen molar-refractivity contribution >= 4 is 33.3 Å². The Labute approximate surface area is 167 Å². The Bertz CT molecular complexity index is 1060. The van der Waals surface area contributed by atoms with E-state index in [0.29, 0.717) is 23.5 Å². The van der Waals surface area contributed by atoms with Crippen LogP contribution in [0.1, 0.15) is 28.6 Å². The lowest BCUT2D eigenvalue weighted by Gasteiger charge is -2.17. The van der Waals surface area contributed by atoms with E-state index < -0.39 is 10.0 Å². The molecule has 0 saturated carbocycles. The Kier molecular flexibility index (Phi) is 6.32. The molecule has 3 aromatic rings. The molecule has 1 atom stereocenters. The number of carbonyl (C=O) groups excluding carboxylic acids is 1. The van der Waals surface area contributed by atoms with Crippen LogP contribution in [0.4, 0.5) is 0 Å². The second kappa shape index (κ2) is 8.72. The second-order valence-electron chi connectivity index (χ2n) is 6.03. The number of rotatable bonds is 8. The van der Waals surface area contributed by atoms with Gasteiger partial charge in [-0.25, -0.2) is 13.1 Å². The molecule has 2 N–H and O–H groups in total. The number of hydrogen-bond donors (Lipinski definition) is 2. The van der Waals surface area contributed by atoms with Crippen LogP contribution >= 0.6 is 11.8 Å². The van der Waals surface area contributed by atoms with Gasteiger partial charge in [0.15, 0.2) is 11.5 Å². The van der Waals surface area contributed by atoms with E-state index in [1.165, 1.54) is 31.3 Å². The standard InChI is InChI=1S/C18H21N5O3S2/c1-19-28(25,26)14-8-6-13(7-9-14)18(24)20-15(10-12-27-2)17-22-21-16-5-3-4-11-23(16)17/h3-9,11,15,19H,10,12H2,1-2H3,(H,20,24). The van der Waals surface area contributed by atoms with Crippen LogP contribution < -0.4 is 10.0 Å². The Hall–Kier alpha value is -2.43. The summed E-state index contributed by atoms with van der Waals surface area (Å²) in [6.07, 6.45) is 4.55. The molecule has 2 heterocycles. The van der Waals surface area contributed by atoms with Crippen LogP contribution in [-0.4, -0.2) is 48.0 Å². The number of nitrogens with zero attached hydrogens (tertiary/aromatic N) is 3. The van der Waals surface area contributed by atoms with Gasteiger partial charge in [0.05, 0.1) is 10.9 Å². The first-order valence-corrected chi connectivity index (χ1v) is 11.5. The fraction of sp³-hybridized carbons (Fsp3) is 0.278. The Balaban J connectivity index is 1.84. The highest BCUT2D eigenvalue weighted by Crippen LogP contribution is 2.19. The summed E-state index contributed by atoms with van der Waals surface area (Å²) in [7, 11) is -2.20. The van der Waals surface area contributed by atoms with Crippen molar-refractivity contribution in [2.75, 3.05) is 19.1 Å². The number of carbonyl (C=O) groups is 1. The smallest absolute Gasteiger partial charge is 0.251 e. The van der Waals surface area contributed by atoms with Crippen LogP contribution in [0.3, 0.4) is 0 Å². The normalized spacial score (nSPS) is 12.8. The minimum Gasteiger partial charge on any atom is -0.342 e. The molecule has 1 amide bonds. The Morgan fingerprint density at radius 3 is 2.61 bits per heavy atom. The lowest BCUT2D eigenvalue weighted by Crippen LogP contribution is -2.30. The summed E-state index contributed by atoms with van der Waals surface area (Å²) in [5.41, 5.74) is 1.08. The summed E-state index contributed by atoms with van der Waals surface area (Å²) < 4.78 is 27.8. The molecule has 0 bridgehead atoms. The Morgan fingerprint density at radius 1 is 1.18 bits per heavy atom. The zero-order valence-electron chi connectivity index (χ0n) is 15.5. The maximum Gasteiger partial charge on any atom is 0.251 e. The summed E-state index contributed by atoms with van der Waals surface area (Å²) in [5.74, 6) is 1.20. The fourth-order valence-corrected chi connectivity index (χ4v) is 3.95. The average molecular weight is 420 g/mol. The molecule has 148 valence electrons. The van der Waals surface area contributed by atoms with E-state index in [9.17, 15) is 13.2 Å². The van der Waals surface area contributed by atoms with Crippen LogP contribution in [-0.2, 0) is 10.0 Å². The highest BCUT2D eigenvalue weighted by atomic mass is 32.2. The highest BCUT2D eigenvalue weighted by molar-refractivity contribution is 7.98. The number of benzene rings is 1. The van der Waals surface area contributed by atoms with Crippen molar-refractivity contribution in [3.63, 3.8) is 0 Å². The quantitative estimate of drug-likeness (QED) is 0.577. The zero-order chi connectivity index (χ0) is 20.1. The van der Waals surface area contributed by atoms with Gasteiger partial charge in [0.2, 0.25) is 10.0 Å². The van der Waals surface area contributed by atoms with Gasteiger partial charge in [0, 0.05) is 11.8 Å². The third-order valence-corrected chi connectivity index (χ3v) is 6.34. The number of hydrogen-bond acceptors (Lipinski definition) is 6. The molecule has 0 aliphatic carbocycles. The lowest BCUT2D eigenvalue weighted by atomic mass is 10.1. The molecule has 0 spiro atoms. The van der Waals surface area contributed by atoms with Gasteiger partial charge in [0.1, 0.15) is 0 Å². The van der Waals surface area contributed by atoms with E-state index in [-0.39, 0.29) is 16.8 Å². The maximum atomic E-state index is 12.7. The van der Waals surface area contributed by atoms with Gasteiger partial charge in [-0.15, -0.1) is 10.2 Å². The van der Waals surface area contributed by atoms with Gasteiger partial charge in [0.25, 0.3) is 5.91 Å². The lowest BCUT2D eigenvalue weighted by molar-refractivity contribution is 0.0933. The van der Waals surface area contributed by atoms with E-state index in [1.54, 1.807) is 11.8 Å². The summed E-state index contributed by atoms with van der Waals surface area (Å²) in [6.45, 7) is 0. The molecule has 0 aliphatic rings. The van der Waals surface area contributed by atoms with Crippen molar-refractivity contribution in [1.82, 2.24) is 24.6 Å². The van der Waals surface area contributed by atoms with E-state index in [2.05, 4.69) is 20.2 Å². The molecule has 28 heavy (non-hydrogen) atoms. The zero-order valence-corrected chi connectivity index (χ0v) is 17.1. The maximum absolute atomic E-state index is 12.7. The van der Waals surface area contributed by atoms with Crippen LogP contribution in [0.2, 0.25) is 0 Å². The number of fused-ring (bicyclic) bond motifs is 1. The highest BCUT2D eigenvalue weighted by Gasteiger charge is 2.21. The number of sulfonamides is 1. The van der Waals surface area contributed by atoms with Crippen LogP contribution in [0, 0.1) is 0 Å². The molecule has 1 aromatic carbocycles. The number of pyridine rings is 1.